The van der Waals surface area contributed by atoms with Gasteiger partial charge in [0.25, 0.3) is 0 Å². The van der Waals surface area contributed by atoms with Crippen LogP contribution in [0, 0.1) is 0 Å². The van der Waals surface area contributed by atoms with Gasteiger partial charge in [-0.1, -0.05) is 0 Å². The maximum atomic E-state index is 12.7. The van der Waals surface area contributed by atoms with Crippen molar-refractivity contribution >= 4 is 11.3 Å². The standard InChI is InChI=1S/C7H7FO2S/c8-7-1-2-9-5-3-11-4-6(5)10-7/h3-4,7H,1-2H2. The lowest BCUT2D eigenvalue weighted by Gasteiger charge is -2.03. The molecule has 1 aliphatic heterocycles. The summed E-state index contributed by atoms with van der Waals surface area (Å²) in [6.45, 7) is 0.394. The van der Waals surface area contributed by atoms with E-state index in [2.05, 4.69) is 0 Å². The Kier molecular flexibility index (Phi) is 1.69. The average Bonchev–Trinajstić information content (AvgIpc) is 2.31. The lowest BCUT2D eigenvalue weighted by molar-refractivity contribution is 0.0614. The minimum Gasteiger partial charge on any atom is -0.489 e. The van der Waals surface area contributed by atoms with E-state index in [9.17, 15) is 4.39 Å². The maximum absolute atomic E-state index is 12.7. The van der Waals surface area contributed by atoms with E-state index in [1.807, 2.05) is 5.38 Å². The lowest BCUT2D eigenvalue weighted by atomic mass is 10.5. The molecule has 1 aromatic rings. The maximum Gasteiger partial charge on any atom is 0.242 e. The van der Waals surface area contributed by atoms with Crippen molar-refractivity contribution in [2.75, 3.05) is 6.61 Å². The average molecular weight is 174 g/mol. The number of thiophene rings is 1. The highest BCUT2D eigenvalue weighted by Crippen LogP contribution is 2.34. The number of halogens is 1. The highest BCUT2D eigenvalue weighted by molar-refractivity contribution is 7.08. The van der Waals surface area contributed by atoms with Crippen LogP contribution in [0.15, 0.2) is 10.8 Å². The smallest absolute Gasteiger partial charge is 0.242 e. The molecule has 0 saturated heterocycles. The predicted molar refractivity (Wildman–Crippen MR) is 40.0 cm³/mol. The molecule has 0 aliphatic carbocycles. The van der Waals surface area contributed by atoms with Crippen LogP contribution in [-0.4, -0.2) is 13.0 Å². The first-order chi connectivity index (χ1) is 5.36. The third kappa shape index (κ3) is 1.30. The normalized spacial score (nSPS) is 22.8. The van der Waals surface area contributed by atoms with Gasteiger partial charge < -0.3 is 9.47 Å². The van der Waals surface area contributed by atoms with Gasteiger partial charge in [-0.2, -0.15) is 0 Å². The van der Waals surface area contributed by atoms with Gasteiger partial charge in [0.15, 0.2) is 11.5 Å². The Bertz CT molecular complexity index is 248. The molecule has 1 aromatic heterocycles. The number of alkyl halides is 1. The molecule has 2 heterocycles. The number of hydrogen-bond acceptors (Lipinski definition) is 3. The van der Waals surface area contributed by atoms with Crippen LogP contribution in [0.25, 0.3) is 0 Å². The Morgan fingerprint density at radius 2 is 2.27 bits per heavy atom. The van der Waals surface area contributed by atoms with E-state index in [1.54, 1.807) is 5.38 Å². The molecule has 2 rings (SSSR count). The first-order valence-electron chi connectivity index (χ1n) is 3.36. The predicted octanol–water partition coefficient (Wildman–Crippen LogP) is 2.21. The van der Waals surface area contributed by atoms with Crippen molar-refractivity contribution in [3.63, 3.8) is 0 Å². The summed E-state index contributed by atoms with van der Waals surface area (Å²) in [4.78, 5) is 0. The van der Waals surface area contributed by atoms with Crippen molar-refractivity contribution in [1.29, 1.82) is 0 Å². The van der Waals surface area contributed by atoms with E-state index in [0.717, 1.165) is 0 Å². The molecule has 4 heteroatoms. The van der Waals surface area contributed by atoms with Crippen LogP contribution in [0.1, 0.15) is 6.42 Å². The second kappa shape index (κ2) is 2.70. The van der Waals surface area contributed by atoms with Crippen molar-refractivity contribution in [1.82, 2.24) is 0 Å². The van der Waals surface area contributed by atoms with Crippen molar-refractivity contribution in [2.24, 2.45) is 0 Å². The topological polar surface area (TPSA) is 18.5 Å². The van der Waals surface area contributed by atoms with Crippen molar-refractivity contribution in [3.05, 3.63) is 10.8 Å². The molecule has 1 atom stereocenters. The molecular formula is C7H7FO2S. The Morgan fingerprint density at radius 3 is 3.18 bits per heavy atom. The second-order valence-corrected chi connectivity index (χ2v) is 3.01. The number of ether oxygens (including phenoxy) is 2. The van der Waals surface area contributed by atoms with Crippen molar-refractivity contribution in [2.45, 2.75) is 12.8 Å². The summed E-state index contributed by atoms with van der Waals surface area (Å²) in [5, 5.41) is 3.56. The minimum absolute atomic E-state index is 0.305. The molecule has 1 unspecified atom stereocenters. The zero-order valence-electron chi connectivity index (χ0n) is 5.75. The zero-order valence-corrected chi connectivity index (χ0v) is 6.57. The fourth-order valence-corrected chi connectivity index (χ4v) is 1.59. The van der Waals surface area contributed by atoms with Crippen LogP contribution in [0.4, 0.5) is 4.39 Å². The molecule has 2 nitrogen and oxygen atoms in total. The zero-order chi connectivity index (χ0) is 7.68. The van der Waals surface area contributed by atoms with Crippen LogP contribution >= 0.6 is 11.3 Å². The summed E-state index contributed by atoms with van der Waals surface area (Å²) in [5.74, 6) is 1.19. The van der Waals surface area contributed by atoms with E-state index >= 15 is 0 Å². The van der Waals surface area contributed by atoms with Gasteiger partial charge in [-0.25, -0.2) is 4.39 Å². The van der Waals surface area contributed by atoms with Gasteiger partial charge in [-0.05, 0) is 0 Å². The van der Waals surface area contributed by atoms with E-state index in [-0.39, 0.29) is 0 Å². The first kappa shape index (κ1) is 6.91. The molecule has 0 aromatic carbocycles. The van der Waals surface area contributed by atoms with E-state index in [4.69, 9.17) is 9.47 Å². The molecule has 0 spiro atoms. The van der Waals surface area contributed by atoms with Crippen molar-refractivity contribution < 1.29 is 13.9 Å². The summed E-state index contributed by atoms with van der Waals surface area (Å²) in [6, 6.07) is 0. The largest absolute Gasteiger partial charge is 0.489 e. The molecule has 60 valence electrons. The van der Waals surface area contributed by atoms with E-state index < -0.39 is 6.36 Å². The summed E-state index contributed by atoms with van der Waals surface area (Å²) in [6.07, 6.45) is -0.912. The molecule has 0 amide bonds. The SMILES string of the molecule is FC1CCOc2cscc2O1. The molecule has 0 bridgehead atoms. The highest BCUT2D eigenvalue weighted by atomic mass is 32.1. The summed E-state index contributed by atoms with van der Waals surface area (Å²) in [5.41, 5.74) is 0. The van der Waals surface area contributed by atoms with Crippen LogP contribution in [0.2, 0.25) is 0 Å². The molecule has 0 fully saturated rings. The molecule has 0 radical (unpaired) electrons. The van der Waals surface area contributed by atoms with Crippen LogP contribution in [0.3, 0.4) is 0 Å². The van der Waals surface area contributed by atoms with Gasteiger partial charge in [0.2, 0.25) is 6.36 Å². The third-order valence-electron chi connectivity index (χ3n) is 1.45. The van der Waals surface area contributed by atoms with Gasteiger partial charge in [-0.3, -0.25) is 0 Å². The highest BCUT2D eigenvalue weighted by Gasteiger charge is 2.17. The Hall–Kier alpha value is -0.770. The van der Waals surface area contributed by atoms with Crippen LogP contribution in [0.5, 0.6) is 11.5 Å². The Morgan fingerprint density at radius 1 is 1.45 bits per heavy atom. The van der Waals surface area contributed by atoms with Gasteiger partial charge in [0.1, 0.15) is 0 Å². The summed E-state index contributed by atoms with van der Waals surface area (Å²) < 4.78 is 22.8. The van der Waals surface area contributed by atoms with Gasteiger partial charge >= 0.3 is 0 Å². The van der Waals surface area contributed by atoms with Crippen LogP contribution < -0.4 is 9.47 Å². The second-order valence-electron chi connectivity index (χ2n) is 2.27. The van der Waals surface area contributed by atoms with E-state index in [1.165, 1.54) is 11.3 Å². The molecule has 11 heavy (non-hydrogen) atoms. The van der Waals surface area contributed by atoms with Crippen LogP contribution in [-0.2, 0) is 0 Å². The Balaban J connectivity index is 2.26. The minimum atomic E-state index is -1.22. The number of rotatable bonds is 0. The monoisotopic (exact) mass is 174 g/mol. The van der Waals surface area contributed by atoms with Crippen molar-refractivity contribution in [3.8, 4) is 11.5 Å². The molecule has 0 saturated carbocycles. The fraction of sp³-hybridized carbons (Fsp3) is 0.429. The third-order valence-corrected chi connectivity index (χ3v) is 2.15. The van der Waals surface area contributed by atoms with Gasteiger partial charge in [0.05, 0.1) is 6.61 Å². The Labute approximate surface area is 67.6 Å². The lowest BCUT2D eigenvalue weighted by Crippen LogP contribution is -2.09. The quantitative estimate of drug-likeness (QED) is 0.600. The van der Waals surface area contributed by atoms with Gasteiger partial charge in [-0.15, -0.1) is 11.3 Å². The first-order valence-corrected chi connectivity index (χ1v) is 4.30. The fourth-order valence-electron chi connectivity index (χ4n) is 0.923. The molecule has 1 aliphatic rings. The van der Waals surface area contributed by atoms with E-state index in [0.29, 0.717) is 24.5 Å². The number of fused-ring (bicyclic) bond motifs is 1. The summed E-state index contributed by atoms with van der Waals surface area (Å²) in [7, 11) is 0. The summed E-state index contributed by atoms with van der Waals surface area (Å²) >= 11 is 1.45. The molecular weight excluding hydrogens is 167 g/mol. The molecule has 0 N–H and O–H groups in total. The van der Waals surface area contributed by atoms with Gasteiger partial charge in [0, 0.05) is 17.2 Å². The number of hydrogen-bond donors (Lipinski definition) is 0.